The van der Waals surface area contributed by atoms with Gasteiger partial charge in [-0.2, -0.15) is 0 Å². The maximum atomic E-state index is 11.7. The summed E-state index contributed by atoms with van der Waals surface area (Å²) in [7, 11) is 0. The van der Waals surface area contributed by atoms with Crippen LogP contribution in [0, 0.1) is 5.92 Å². The van der Waals surface area contributed by atoms with Gasteiger partial charge in [0.1, 0.15) is 0 Å². The van der Waals surface area contributed by atoms with Crippen LogP contribution in [0.2, 0.25) is 0 Å². The number of amides is 1. The third-order valence-corrected chi connectivity index (χ3v) is 2.84. The minimum Gasteiger partial charge on any atom is -0.391 e. The predicted molar refractivity (Wildman–Crippen MR) is 48.2 cm³/mol. The van der Waals surface area contributed by atoms with E-state index in [9.17, 15) is 9.90 Å². The maximum absolute atomic E-state index is 11.7. The number of likely N-dealkylation sites (tertiary alicyclic amines) is 1. The normalized spacial score (nSPS) is 29.9. The van der Waals surface area contributed by atoms with Gasteiger partial charge in [-0.1, -0.05) is 0 Å². The van der Waals surface area contributed by atoms with Crippen LogP contribution in [0.4, 0.5) is 0 Å². The van der Waals surface area contributed by atoms with Crippen molar-refractivity contribution in [2.75, 3.05) is 26.2 Å². The van der Waals surface area contributed by atoms with Crippen molar-refractivity contribution in [3.05, 3.63) is 0 Å². The molecule has 0 radical (unpaired) electrons. The second-order valence-corrected chi connectivity index (χ2v) is 3.94. The second kappa shape index (κ2) is 3.64. The van der Waals surface area contributed by atoms with Gasteiger partial charge in [0.2, 0.25) is 5.91 Å². The van der Waals surface area contributed by atoms with Crippen molar-refractivity contribution in [1.82, 2.24) is 10.2 Å². The molecule has 0 saturated carbocycles. The van der Waals surface area contributed by atoms with Crippen LogP contribution >= 0.6 is 0 Å². The monoisotopic (exact) mass is 184 g/mol. The molecule has 2 saturated heterocycles. The van der Waals surface area contributed by atoms with Crippen molar-refractivity contribution in [3.8, 4) is 0 Å². The van der Waals surface area contributed by atoms with Crippen molar-refractivity contribution >= 4 is 5.91 Å². The maximum Gasteiger partial charge on any atom is 0.228 e. The van der Waals surface area contributed by atoms with Crippen LogP contribution in [0.3, 0.4) is 0 Å². The highest BCUT2D eigenvalue weighted by molar-refractivity contribution is 5.80. The molecule has 0 aliphatic carbocycles. The number of nitrogens with one attached hydrogen (secondary N) is 1. The molecule has 2 heterocycles. The van der Waals surface area contributed by atoms with E-state index in [1.807, 2.05) is 0 Å². The number of β-amino-alcohol motifs (C(OH)–C–C–N with tert-alkyl or cyclic N) is 1. The number of carbonyl (C=O) groups is 1. The highest BCUT2D eigenvalue weighted by Gasteiger charge is 2.31. The summed E-state index contributed by atoms with van der Waals surface area (Å²) in [6.07, 6.45) is 1.48. The van der Waals surface area contributed by atoms with Crippen LogP contribution in [0.15, 0.2) is 0 Å². The highest BCUT2D eigenvalue weighted by Crippen LogP contribution is 2.14. The Bertz CT molecular complexity index is 204. The summed E-state index contributed by atoms with van der Waals surface area (Å²) < 4.78 is 0. The quantitative estimate of drug-likeness (QED) is 0.560. The number of hydrogen-bond acceptors (Lipinski definition) is 3. The van der Waals surface area contributed by atoms with Crippen LogP contribution in [-0.2, 0) is 4.79 Å². The molecule has 0 unspecified atom stereocenters. The summed E-state index contributed by atoms with van der Waals surface area (Å²) in [5.41, 5.74) is 0. The van der Waals surface area contributed by atoms with E-state index in [0.29, 0.717) is 6.54 Å². The van der Waals surface area contributed by atoms with Gasteiger partial charge in [-0.15, -0.1) is 0 Å². The van der Waals surface area contributed by atoms with E-state index in [1.54, 1.807) is 4.90 Å². The lowest BCUT2D eigenvalue weighted by Crippen LogP contribution is -2.54. The third kappa shape index (κ3) is 1.84. The number of carbonyl (C=O) groups excluding carboxylic acids is 1. The first-order valence-corrected chi connectivity index (χ1v) is 4.95. The molecule has 0 aromatic heterocycles. The number of hydrogen-bond donors (Lipinski definition) is 2. The van der Waals surface area contributed by atoms with E-state index in [-0.39, 0.29) is 17.9 Å². The molecule has 1 amide bonds. The Balaban J connectivity index is 1.87. The molecule has 74 valence electrons. The summed E-state index contributed by atoms with van der Waals surface area (Å²) >= 11 is 0. The molecule has 0 spiro atoms. The zero-order valence-corrected chi connectivity index (χ0v) is 7.70. The Hall–Kier alpha value is -0.610. The van der Waals surface area contributed by atoms with Crippen molar-refractivity contribution in [2.45, 2.75) is 18.9 Å². The van der Waals surface area contributed by atoms with E-state index in [0.717, 1.165) is 32.5 Å². The van der Waals surface area contributed by atoms with Gasteiger partial charge in [0, 0.05) is 26.2 Å². The number of piperidine rings is 1. The zero-order chi connectivity index (χ0) is 9.26. The first-order valence-electron chi connectivity index (χ1n) is 4.95. The van der Waals surface area contributed by atoms with Gasteiger partial charge in [-0.05, 0) is 12.8 Å². The average molecular weight is 184 g/mol. The molecule has 0 aromatic carbocycles. The summed E-state index contributed by atoms with van der Waals surface area (Å²) in [4.78, 5) is 13.5. The Morgan fingerprint density at radius 3 is 2.77 bits per heavy atom. The van der Waals surface area contributed by atoms with Crippen molar-refractivity contribution < 1.29 is 9.90 Å². The molecule has 2 aliphatic heterocycles. The van der Waals surface area contributed by atoms with Gasteiger partial charge in [0.05, 0.1) is 12.0 Å². The van der Waals surface area contributed by atoms with Crippen LogP contribution in [0.1, 0.15) is 12.8 Å². The molecule has 2 rings (SSSR count). The molecule has 13 heavy (non-hydrogen) atoms. The smallest absolute Gasteiger partial charge is 0.228 e. The van der Waals surface area contributed by atoms with Gasteiger partial charge >= 0.3 is 0 Å². The molecule has 2 N–H and O–H groups in total. The first kappa shape index (κ1) is 8.97. The summed E-state index contributed by atoms with van der Waals surface area (Å²) in [6.45, 7) is 2.98. The van der Waals surface area contributed by atoms with Crippen LogP contribution in [0.25, 0.3) is 0 Å². The summed E-state index contributed by atoms with van der Waals surface area (Å²) in [5, 5.41) is 12.5. The van der Waals surface area contributed by atoms with Crippen molar-refractivity contribution in [3.63, 3.8) is 0 Å². The van der Waals surface area contributed by atoms with E-state index in [4.69, 9.17) is 0 Å². The number of nitrogens with zero attached hydrogens (tertiary/aromatic N) is 1. The Labute approximate surface area is 77.9 Å². The number of aliphatic hydroxyl groups excluding tert-OH is 1. The minimum absolute atomic E-state index is 0.172. The molecule has 2 fully saturated rings. The average Bonchev–Trinajstić information content (AvgIpc) is 2.01. The first-order chi connectivity index (χ1) is 6.27. The fourth-order valence-electron chi connectivity index (χ4n) is 1.88. The standard InChI is InChI=1S/C9H16N2O2/c12-8-2-1-3-11(6-8)9(13)7-4-10-5-7/h7-8,10,12H,1-6H2/t8-/m0/s1. The Kier molecular flexibility index (Phi) is 2.51. The van der Waals surface area contributed by atoms with Crippen molar-refractivity contribution in [1.29, 1.82) is 0 Å². The SMILES string of the molecule is O=C(C1CNC1)N1CCC[C@H](O)C1. The van der Waals surface area contributed by atoms with Gasteiger partial charge in [-0.25, -0.2) is 0 Å². The molecular formula is C9H16N2O2. The predicted octanol–water partition coefficient (Wildman–Crippen LogP) is -0.811. The largest absolute Gasteiger partial charge is 0.391 e. The van der Waals surface area contributed by atoms with Gasteiger partial charge in [-0.3, -0.25) is 4.79 Å². The molecule has 1 atom stereocenters. The number of rotatable bonds is 1. The van der Waals surface area contributed by atoms with Crippen LogP contribution in [0.5, 0.6) is 0 Å². The lowest BCUT2D eigenvalue weighted by atomic mass is 9.99. The van der Waals surface area contributed by atoms with E-state index in [1.165, 1.54) is 0 Å². The summed E-state index contributed by atoms with van der Waals surface area (Å²) in [6, 6.07) is 0. The fraction of sp³-hybridized carbons (Fsp3) is 0.889. The topological polar surface area (TPSA) is 52.6 Å². The van der Waals surface area contributed by atoms with Crippen LogP contribution < -0.4 is 5.32 Å². The third-order valence-electron chi connectivity index (χ3n) is 2.84. The number of aliphatic hydroxyl groups is 1. The van der Waals surface area contributed by atoms with Crippen LogP contribution in [-0.4, -0.2) is 48.2 Å². The van der Waals surface area contributed by atoms with Crippen molar-refractivity contribution in [2.24, 2.45) is 5.92 Å². The molecular weight excluding hydrogens is 168 g/mol. The fourth-order valence-corrected chi connectivity index (χ4v) is 1.88. The Morgan fingerprint density at radius 1 is 1.46 bits per heavy atom. The second-order valence-electron chi connectivity index (χ2n) is 3.94. The molecule has 0 aromatic rings. The molecule has 0 bridgehead atoms. The van der Waals surface area contributed by atoms with E-state index < -0.39 is 0 Å². The Morgan fingerprint density at radius 2 is 2.23 bits per heavy atom. The summed E-state index contributed by atoms with van der Waals surface area (Å²) in [5.74, 6) is 0.391. The minimum atomic E-state index is -0.300. The lowest BCUT2D eigenvalue weighted by Gasteiger charge is -2.36. The zero-order valence-electron chi connectivity index (χ0n) is 7.70. The highest BCUT2D eigenvalue weighted by atomic mass is 16.3. The molecule has 4 heteroatoms. The lowest BCUT2D eigenvalue weighted by molar-refractivity contribution is -0.140. The molecule has 2 aliphatic rings. The van der Waals surface area contributed by atoms with Gasteiger partial charge in [0.25, 0.3) is 0 Å². The van der Waals surface area contributed by atoms with Gasteiger partial charge in [0.15, 0.2) is 0 Å². The molecule has 4 nitrogen and oxygen atoms in total. The van der Waals surface area contributed by atoms with Gasteiger partial charge < -0.3 is 15.3 Å². The van der Waals surface area contributed by atoms with E-state index in [2.05, 4.69) is 5.32 Å². The van der Waals surface area contributed by atoms with E-state index >= 15 is 0 Å².